The maximum atomic E-state index is 5.06. The van der Waals surface area contributed by atoms with Crippen molar-refractivity contribution in [2.45, 2.75) is 26.4 Å². The van der Waals surface area contributed by atoms with Gasteiger partial charge < -0.3 is 15.4 Å². The van der Waals surface area contributed by atoms with Crippen molar-refractivity contribution in [2.24, 2.45) is 4.99 Å². The van der Waals surface area contributed by atoms with Crippen molar-refractivity contribution >= 4 is 5.96 Å². The monoisotopic (exact) mass is 330 g/mol. The Morgan fingerprint density at radius 2 is 2.17 bits per heavy atom. The second-order valence-corrected chi connectivity index (χ2v) is 5.38. The van der Waals surface area contributed by atoms with Gasteiger partial charge in [-0.2, -0.15) is 5.10 Å². The second-order valence-electron chi connectivity index (χ2n) is 5.38. The average Bonchev–Trinajstić information content (AvgIpc) is 3.10. The number of nitrogens with zero attached hydrogens (tertiary/aromatic N) is 4. The molecule has 0 unspecified atom stereocenters. The summed E-state index contributed by atoms with van der Waals surface area (Å²) in [7, 11) is 1.71. The third-order valence-electron chi connectivity index (χ3n) is 3.38. The molecule has 0 aliphatic carbocycles. The first-order chi connectivity index (χ1) is 11.8. The molecule has 24 heavy (non-hydrogen) atoms. The lowest BCUT2D eigenvalue weighted by atomic mass is 10.1. The Kier molecular flexibility index (Phi) is 7.76. The fourth-order valence-electron chi connectivity index (χ4n) is 2.26. The summed E-state index contributed by atoms with van der Waals surface area (Å²) in [6.45, 7) is 5.83. The van der Waals surface area contributed by atoms with Gasteiger partial charge in [0.25, 0.3) is 0 Å². The lowest BCUT2D eigenvalue weighted by Crippen LogP contribution is -2.38. The van der Waals surface area contributed by atoms with E-state index < -0.39 is 0 Å². The normalized spacial score (nSPS) is 11.5. The van der Waals surface area contributed by atoms with E-state index in [9.17, 15) is 0 Å². The summed E-state index contributed by atoms with van der Waals surface area (Å²) >= 11 is 0. The van der Waals surface area contributed by atoms with E-state index in [-0.39, 0.29) is 0 Å². The van der Waals surface area contributed by atoms with Crippen LogP contribution in [0.4, 0.5) is 0 Å². The number of ether oxygens (including phenoxy) is 1. The topological polar surface area (TPSA) is 76.4 Å². The fourth-order valence-corrected chi connectivity index (χ4v) is 2.26. The van der Waals surface area contributed by atoms with Gasteiger partial charge in [0, 0.05) is 26.8 Å². The van der Waals surface area contributed by atoms with Crippen LogP contribution in [-0.2, 0) is 17.8 Å². The standard InChI is InChI=1S/C17H26N6O/c1-3-19-17(20-8-5-9-24-2)21-11-15-6-4-7-16(10-15)12-23-14-18-13-22-23/h4,6-7,10,13-14H,3,5,8-9,11-12H2,1-2H3,(H2,19,20,21). The molecule has 0 radical (unpaired) electrons. The highest BCUT2D eigenvalue weighted by molar-refractivity contribution is 5.79. The van der Waals surface area contributed by atoms with Crippen LogP contribution in [-0.4, -0.2) is 47.5 Å². The van der Waals surface area contributed by atoms with Gasteiger partial charge in [0.05, 0.1) is 13.1 Å². The molecule has 2 N–H and O–H groups in total. The van der Waals surface area contributed by atoms with E-state index in [1.54, 1.807) is 19.8 Å². The Balaban J connectivity index is 1.92. The highest BCUT2D eigenvalue weighted by atomic mass is 16.5. The molecular weight excluding hydrogens is 304 g/mol. The molecular formula is C17H26N6O. The summed E-state index contributed by atoms with van der Waals surface area (Å²) in [4.78, 5) is 8.61. The molecule has 1 heterocycles. The number of methoxy groups -OCH3 is 1. The Morgan fingerprint density at radius 3 is 2.92 bits per heavy atom. The average molecular weight is 330 g/mol. The highest BCUT2D eigenvalue weighted by Gasteiger charge is 2.00. The van der Waals surface area contributed by atoms with Crippen LogP contribution < -0.4 is 10.6 Å². The van der Waals surface area contributed by atoms with Gasteiger partial charge in [-0.1, -0.05) is 24.3 Å². The Morgan fingerprint density at radius 1 is 1.29 bits per heavy atom. The molecule has 1 aromatic carbocycles. The third kappa shape index (κ3) is 6.37. The van der Waals surface area contributed by atoms with E-state index in [0.29, 0.717) is 13.1 Å². The van der Waals surface area contributed by atoms with Crippen molar-refractivity contribution in [1.82, 2.24) is 25.4 Å². The Hall–Kier alpha value is -2.41. The SMILES string of the molecule is CCNC(=NCc1cccc(Cn2cncn2)c1)NCCCOC. The van der Waals surface area contributed by atoms with E-state index in [0.717, 1.165) is 32.1 Å². The zero-order chi connectivity index (χ0) is 17.0. The largest absolute Gasteiger partial charge is 0.385 e. The predicted octanol–water partition coefficient (Wildman–Crippen LogP) is 1.42. The van der Waals surface area contributed by atoms with Crippen molar-refractivity contribution in [1.29, 1.82) is 0 Å². The van der Waals surface area contributed by atoms with Gasteiger partial charge in [-0.25, -0.2) is 14.7 Å². The summed E-state index contributed by atoms with van der Waals surface area (Å²) < 4.78 is 6.87. The van der Waals surface area contributed by atoms with Crippen molar-refractivity contribution in [3.63, 3.8) is 0 Å². The number of aliphatic imine (C=N–C) groups is 1. The van der Waals surface area contributed by atoms with Crippen LogP contribution in [0.5, 0.6) is 0 Å². The van der Waals surface area contributed by atoms with E-state index in [1.807, 2.05) is 4.68 Å². The number of aromatic nitrogens is 3. The fraction of sp³-hybridized carbons (Fsp3) is 0.471. The first kappa shape index (κ1) is 17.9. The van der Waals surface area contributed by atoms with Gasteiger partial charge in [0.2, 0.25) is 0 Å². The van der Waals surface area contributed by atoms with E-state index in [4.69, 9.17) is 4.74 Å². The van der Waals surface area contributed by atoms with Crippen LogP contribution in [0.1, 0.15) is 24.5 Å². The van der Waals surface area contributed by atoms with Crippen molar-refractivity contribution in [3.8, 4) is 0 Å². The molecule has 7 nitrogen and oxygen atoms in total. The van der Waals surface area contributed by atoms with Crippen molar-refractivity contribution < 1.29 is 4.74 Å². The molecule has 0 atom stereocenters. The molecule has 0 fully saturated rings. The van der Waals surface area contributed by atoms with E-state index >= 15 is 0 Å². The van der Waals surface area contributed by atoms with Crippen LogP contribution in [0, 0.1) is 0 Å². The van der Waals surface area contributed by atoms with Gasteiger partial charge >= 0.3 is 0 Å². The molecule has 0 bridgehead atoms. The smallest absolute Gasteiger partial charge is 0.191 e. The van der Waals surface area contributed by atoms with Gasteiger partial charge in [0.1, 0.15) is 12.7 Å². The van der Waals surface area contributed by atoms with Crippen LogP contribution in [0.15, 0.2) is 41.9 Å². The Labute approximate surface area is 143 Å². The van der Waals surface area contributed by atoms with Gasteiger partial charge in [0.15, 0.2) is 5.96 Å². The van der Waals surface area contributed by atoms with Gasteiger partial charge in [-0.15, -0.1) is 0 Å². The molecule has 2 aromatic rings. The first-order valence-corrected chi connectivity index (χ1v) is 8.23. The van der Waals surface area contributed by atoms with Crippen LogP contribution >= 0.6 is 0 Å². The molecule has 1 aromatic heterocycles. The summed E-state index contributed by atoms with van der Waals surface area (Å²) in [5.74, 6) is 0.829. The molecule has 0 aliphatic heterocycles. The summed E-state index contributed by atoms with van der Waals surface area (Å²) in [6.07, 6.45) is 4.22. The summed E-state index contributed by atoms with van der Waals surface area (Å²) in [6, 6.07) is 8.38. The zero-order valence-electron chi connectivity index (χ0n) is 14.4. The number of hydrogen-bond acceptors (Lipinski definition) is 4. The quantitative estimate of drug-likeness (QED) is 0.413. The zero-order valence-corrected chi connectivity index (χ0v) is 14.4. The van der Waals surface area contributed by atoms with Gasteiger partial charge in [-0.05, 0) is 24.5 Å². The number of benzene rings is 1. The van der Waals surface area contributed by atoms with Crippen molar-refractivity contribution in [3.05, 3.63) is 48.0 Å². The second kappa shape index (κ2) is 10.4. The molecule has 2 rings (SSSR count). The number of nitrogens with one attached hydrogen (secondary N) is 2. The minimum absolute atomic E-state index is 0.630. The third-order valence-corrected chi connectivity index (χ3v) is 3.38. The molecule has 0 saturated carbocycles. The summed E-state index contributed by atoms with van der Waals surface area (Å²) in [5.41, 5.74) is 2.35. The van der Waals surface area contributed by atoms with Gasteiger partial charge in [-0.3, -0.25) is 0 Å². The van der Waals surface area contributed by atoms with Crippen LogP contribution in [0.3, 0.4) is 0 Å². The molecule has 0 aliphatic rings. The highest BCUT2D eigenvalue weighted by Crippen LogP contribution is 2.08. The molecule has 7 heteroatoms. The maximum Gasteiger partial charge on any atom is 0.191 e. The van der Waals surface area contributed by atoms with Crippen LogP contribution in [0.25, 0.3) is 0 Å². The Bertz CT molecular complexity index is 611. The molecule has 130 valence electrons. The van der Waals surface area contributed by atoms with E-state index in [1.165, 1.54) is 11.1 Å². The lowest BCUT2D eigenvalue weighted by molar-refractivity contribution is 0.195. The molecule has 0 spiro atoms. The van der Waals surface area contributed by atoms with E-state index in [2.05, 4.69) is 56.9 Å². The van der Waals surface area contributed by atoms with Crippen molar-refractivity contribution in [2.75, 3.05) is 26.8 Å². The minimum atomic E-state index is 0.630. The molecule has 0 saturated heterocycles. The minimum Gasteiger partial charge on any atom is -0.385 e. The molecule has 0 amide bonds. The first-order valence-electron chi connectivity index (χ1n) is 8.23. The van der Waals surface area contributed by atoms with Crippen LogP contribution in [0.2, 0.25) is 0 Å². The number of rotatable bonds is 9. The summed E-state index contributed by atoms with van der Waals surface area (Å²) in [5, 5.41) is 10.7. The maximum absolute atomic E-state index is 5.06. The predicted molar refractivity (Wildman–Crippen MR) is 94.9 cm³/mol. The number of guanidine groups is 1. The lowest BCUT2D eigenvalue weighted by Gasteiger charge is -2.11. The number of hydrogen-bond donors (Lipinski definition) is 2.